The summed E-state index contributed by atoms with van der Waals surface area (Å²) in [6, 6.07) is -1.15. The third kappa shape index (κ3) is 4.62. The van der Waals surface area contributed by atoms with Gasteiger partial charge >= 0.3 is 12.1 Å². The maximum Gasteiger partial charge on any atom is 0.394 e. The van der Waals surface area contributed by atoms with Crippen LogP contribution < -0.4 is 5.32 Å². The fourth-order valence-corrected chi connectivity index (χ4v) is 1.09. The molecule has 4 nitrogen and oxygen atoms in total. The lowest BCUT2D eigenvalue weighted by Crippen LogP contribution is -2.44. The van der Waals surface area contributed by atoms with Crippen molar-refractivity contribution in [1.29, 1.82) is 0 Å². The molecule has 0 aliphatic rings. The van der Waals surface area contributed by atoms with Crippen molar-refractivity contribution < 1.29 is 27.9 Å². The highest BCUT2D eigenvalue weighted by Crippen LogP contribution is 2.40. The van der Waals surface area contributed by atoms with Crippen LogP contribution in [0.4, 0.5) is 13.2 Å². The minimum absolute atomic E-state index is 0.119. The average molecular weight is 255 g/mol. The average Bonchev–Trinajstić information content (AvgIpc) is 2.10. The van der Waals surface area contributed by atoms with E-state index >= 15 is 0 Å². The quantitative estimate of drug-likeness (QED) is 0.789. The van der Waals surface area contributed by atoms with E-state index in [1.807, 2.05) is 0 Å². The molecule has 0 saturated carbocycles. The molecule has 0 aromatic heterocycles. The molecule has 17 heavy (non-hydrogen) atoms. The van der Waals surface area contributed by atoms with E-state index < -0.39 is 35.9 Å². The molecule has 0 spiro atoms. The third-order valence-corrected chi connectivity index (χ3v) is 2.41. The number of carboxylic acids is 1. The number of aliphatic carboxylic acids is 1. The van der Waals surface area contributed by atoms with Gasteiger partial charge in [-0.15, -0.1) is 0 Å². The highest BCUT2D eigenvalue weighted by Gasteiger charge is 2.48. The second-order valence-electron chi connectivity index (χ2n) is 4.43. The standard InChI is InChI=1S/C10H16F3NO3/c1-4-6(8(16)17)14-7(15)5-9(2,3)10(11,12)13/h6H,4-5H2,1-3H3,(H,14,15)(H,16,17). The molecule has 1 unspecified atom stereocenters. The molecule has 0 saturated heterocycles. The number of nitrogens with one attached hydrogen (secondary N) is 1. The van der Waals surface area contributed by atoms with Crippen LogP contribution in [0.25, 0.3) is 0 Å². The summed E-state index contributed by atoms with van der Waals surface area (Å²) in [6.07, 6.45) is -5.18. The third-order valence-electron chi connectivity index (χ3n) is 2.41. The Morgan fingerprint density at radius 1 is 1.29 bits per heavy atom. The van der Waals surface area contributed by atoms with Gasteiger partial charge in [-0.2, -0.15) is 13.2 Å². The monoisotopic (exact) mass is 255 g/mol. The molecule has 0 radical (unpaired) electrons. The van der Waals surface area contributed by atoms with E-state index in [1.54, 1.807) is 0 Å². The van der Waals surface area contributed by atoms with Gasteiger partial charge in [0.15, 0.2) is 0 Å². The predicted molar refractivity (Wildman–Crippen MR) is 54.3 cm³/mol. The summed E-state index contributed by atoms with van der Waals surface area (Å²) in [7, 11) is 0. The topological polar surface area (TPSA) is 66.4 Å². The molecule has 7 heteroatoms. The van der Waals surface area contributed by atoms with Crippen LogP contribution in [0.5, 0.6) is 0 Å². The maximum absolute atomic E-state index is 12.5. The van der Waals surface area contributed by atoms with Gasteiger partial charge in [-0.25, -0.2) is 4.79 Å². The van der Waals surface area contributed by atoms with Crippen molar-refractivity contribution in [3.8, 4) is 0 Å². The molecule has 0 aliphatic carbocycles. The SMILES string of the molecule is CCC(NC(=O)CC(C)(C)C(F)(F)F)C(=O)O. The van der Waals surface area contributed by atoms with Crippen molar-refractivity contribution in [2.45, 2.75) is 45.8 Å². The zero-order valence-electron chi connectivity index (χ0n) is 9.89. The van der Waals surface area contributed by atoms with Crippen molar-refractivity contribution >= 4 is 11.9 Å². The van der Waals surface area contributed by atoms with Gasteiger partial charge in [0.2, 0.25) is 5.91 Å². The molecule has 0 aliphatic heterocycles. The zero-order valence-corrected chi connectivity index (χ0v) is 9.89. The second-order valence-corrected chi connectivity index (χ2v) is 4.43. The highest BCUT2D eigenvalue weighted by molar-refractivity contribution is 5.83. The van der Waals surface area contributed by atoms with Gasteiger partial charge in [-0.05, 0) is 6.42 Å². The molecule has 0 aromatic carbocycles. The van der Waals surface area contributed by atoms with Crippen molar-refractivity contribution in [1.82, 2.24) is 5.32 Å². The largest absolute Gasteiger partial charge is 0.480 e. The summed E-state index contributed by atoms with van der Waals surface area (Å²) >= 11 is 0. The van der Waals surface area contributed by atoms with Gasteiger partial charge < -0.3 is 10.4 Å². The van der Waals surface area contributed by atoms with Crippen LogP contribution in [0.15, 0.2) is 0 Å². The minimum atomic E-state index is -4.50. The molecule has 1 atom stereocenters. The number of hydrogen-bond donors (Lipinski definition) is 2. The maximum atomic E-state index is 12.5. The van der Waals surface area contributed by atoms with Gasteiger partial charge in [0.1, 0.15) is 6.04 Å². The summed E-state index contributed by atoms with van der Waals surface area (Å²) in [5, 5.41) is 10.7. The molecular weight excluding hydrogens is 239 g/mol. The summed E-state index contributed by atoms with van der Waals surface area (Å²) in [4.78, 5) is 21.9. The Kier molecular flexibility index (Phi) is 4.97. The Bertz CT molecular complexity index is 300. The fourth-order valence-electron chi connectivity index (χ4n) is 1.09. The summed E-state index contributed by atoms with van der Waals surface area (Å²) < 4.78 is 37.4. The first-order valence-electron chi connectivity index (χ1n) is 5.10. The lowest BCUT2D eigenvalue weighted by molar-refractivity contribution is -0.213. The van der Waals surface area contributed by atoms with Gasteiger partial charge in [0.25, 0.3) is 0 Å². The van der Waals surface area contributed by atoms with E-state index in [1.165, 1.54) is 6.92 Å². The van der Waals surface area contributed by atoms with Crippen LogP contribution in [-0.2, 0) is 9.59 Å². The van der Waals surface area contributed by atoms with E-state index in [9.17, 15) is 22.8 Å². The normalized spacial score (nSPS) is 14.2. The van der Waals surface area contributed by atoms with Gasteiger partial charge in [0, 0.05) is 6.42 Å². The molecule has 100 valence electrons. The summed E-state index contributed by atoms with van der Waals surface area (Å²) in [5.41, 5.74) is -2.17. The Morgan fingerprint density at radius 3 is 2.06 bits per heavy atom. The number of carbonyl (C=O) groups is 2. The van der Waals surface area contributed by atoms with E-state index in [0.29, 0.717) is 0 Å². The summed E-state index contributed by atoms with van der Waals surface area (Å²) in [6.45, 7) is 3.32. The highest BCUT2D eigenvalue weighted by atomic mass is 19.4. The van der Waals surface area contributed by atoms with E-state index in [4.69, 9.17) is 5.11 Å². The summed E-state index contributed by atoms with van der Waals surface area (Å²) in [5.74, 6) is -2.17. The lowest BCUT2D eigenvalue weighted by Gasteiger charge is -2.27. The number of halogens is 3. The minimum Gasteiger partial charge on any atom is -0.480 e. The number of carboxylic acid groups (broad SMARTS) is 1. The smallest absolute Gasteiger partial charge is 0.394 e. The predicted octanol–water partition coefficient (Wildman–Crippen LogP) is 1.94. The number of hydrogen-bond acceptors (Lipinski definition) is 2. The van der Waals surface area contributed by atoms with Crippen LogP contribution in [-0.4, -0.2) is 29.2 Å². The van der Waals surface area contributed by atoms with E-state index in [-0.39, 0.29) is 6.42 Å². The number of alkyl halides is 3. The van der Waals surface area contributed by atoms with Crippen molar-refractivity contribution in [3.63, 3.8) is 0 Å². The van der Waals surface area contributed by atoms with Crippen LogP contribution in [0.2, 0.25) is 0 Å². The van der Waals surface area contributed by atoms with E-state index in [0.717, 1.165) is 13.8 Å². The Hall–Kier alpha value is -1.27. The first-order chi connectivity index (χ1) is 7.51. The Balaban J connectivity index is 4.51. The molecule has 0 heterocycles. The molecule has 0 fully saturated rings. The van der Waals surface area contributed by atoms with Crippen LogP contribution >= 0.6 is 0 Å². The zero-order chi connectivity index (χ0) is 13.9. The van der Waals surface area contributed by atoms with E-state index in [2.05, 4.69) is 5.32 Å². The van der Waals surface area contributed by atoms with Crippen LogP contribution in [0, 0.1) is 5.41 Å². The van der Waals surface area contributed by atoms with Crippen molar-refractivity contribution in [3.05, 3.63) is 0 Å². The molecule has 0 aromatic rings. The first-order valence-corrected chi connectivity index (χ1v) is 5.10. The van der Waals surface area contributed by atoms with Gasteiger partial charge in [-0.3, -0.25) is 4.79 Å². The Morgan fingerprint density at radius 2 is 1.76 bits per heavy atom. The van der Waals surface area contributed by atoms with Crippen LogP contribution in [0.1, 0.15) is 33.6 Å². The van der Waals surface area contributed by atoms with Crippen molar-refractivity contribution in [2.24, 2.45) is 5.41 Å². The first kappa shape index (κ1) is 15.7. The fraction of sp³-hybridized carbons (Fsp3) is 0.800. The molecule has 0 rings (SSSR count). The van der Waals surface area contributed by atoms with Crippen LogP contribution in [0.3, 0.4) is 0 Å². The molecule has 0 bridgehead atoms. The molecular formula is C10H16F3NO3. The van der Waals surface area contributed by atoms with Crippen molar-refractivity contribution in [2.75, 3.05) is 0 Å². The molecule has 2 N–H and O–H groups in total. The number of carbonyl (C=O) groups excluding carboxylic acids is 1. The van der Waals surface area contributed by atoms with Gasteiger partial charge in [0.05, 0.1) is 5.41 Å². The van der Waals surface area contributed by atoms with Gasteiger partial charge in [-0.1, -0.05) is 20.8 Å². The molecule has 1 amide bonds. The Labute approximate surface area is 97.2 Å². The second kappa shape index (κ2) is 5.37. The lowest BCUT2D eigenvalue weighted by atomic mass is 9.88. The number of amides is 1. The number of rotatable bonds is 5.